The summed E-state index contributed by atoms with van der Waals surface area (Å²) in [6.07, 6.45) is 11.5. The van der Waals surface area contributed by atoms with E-state index < -0.39 is 6.09 Å². The molecule has 1 amide bonds. The SMILES string of the molecule is CCCCCCCCCCCCN(C(=O)O)c1ccc(Sc2ccc(O)cc2)cc1. The van der Waals surface area contributed by atoms with Gasteiger partial charge in [-0.15, -0.1) is 0 Å². The Morgan fingerprint density at radius 2 is 1.23 bits per heavy atom. The van der Waals surface area contributed by atoms with Crippen LogP contribution >= 0.6 is 11.8 Å². The maximum absolute atomic E-state index is 11.7. The van der Waals surface area contributed by atoms with E-state index in [1.54, 1.807) is 23.9 Å². The van der Waals surface area contributed by atoms with Crippen molar-refractivity contribution >= 4 is 23.5 Å². The lowest BCUT2D eigenvalue weighted by Crippen LogP contribution is -2.30. The van der Waals surface area contributed by atoms with E-state index in [1.165, 1.54) is 56.3 Å². The number of nitrogens with zero attached hydrogens (tertiary/aromatic N) is 1. The van der Waals surface area contributed by atoms with E-state index in [-0.39, 0.29) is 5.75 Å². The summed E-state index contributed by atoms with van der Waals surface area (Å²) in [5, 5.41) is 19.0. The number of anilines is 1. The lowest BCUT2D eigenvalue weighted by Gasteiger charge is -2.19. The van der Waals surface area contributed by atoms with Gasteiger partial charge >= 0.3 is 6.09 Å². The van der Waals surface area contributed by atoms with Crippen LogP contribution in [0.2, 0.25) is 0 Å². The van der Waals surface area contributed by atoms with Crippen molar-refractivity contribution in [2.75, 3.05) is 11.4 Å². The van der Waals surface area contributed by atoms with Gasteiger partial charge in [0, 0.05) is 22.0 Å². The first-order valence-electron chi connectivity index (χ1n) is 11.2. The molecule has 0 atom stereocenters. The fraction of sp³-hybridized carbons (Fsp3) is 0.480. The van der Waals surface area contributed by atoms with Gasteiger partial charge in [0.15, 0.2) is 0 Å². The number of aromatic hydroxyl groups is 1. The molecule has 4 nitrogen and oxygen atoms in total. The van der Waals surface area contributed by atoms with Crippen LogP contribution in [-0.2, 0) is 0 Å². The molecule has 0 bridgehead atoms. The van der Waals surface area contributed by atoms with E-state index in [9.17, 15) is 15.0 Å². The molecule has 5 heteroatoms. The Morgan fingerprint density at radius 3 is 1.73 bits per heavy atom. The maximum atomic E-state index is 11.7. The first-order chi connectivity index (χ1) is 14.6. The molecule has 0 aromatic heterocycles. The van der Waals surface area contributed by atoms with Crippen molar-refractivity contribution in [2.24, 2.45) is 0 Å². The Labute approximate surface area is 185 Å². The number of rotatable bonds is 14. The molecule has 2 aromatic carbocycles. The highest BCUT2D eigenvalue weighted by molar-refractivity contribution is 7.99. The van der Waals surface area contributed by atoms with Gasteiger partial charge < -0.3 is 10.2 Å². The number of phenolic OH excluding ortho intramolecular Hbond substituents is 1. The average Bonchev–Trinajstić information content (AvgIpc) is 2.74. The summed E-state index contributed by atoms with van der Waals surface area (Å²) in [6, 6.07) is 14.7. The van der Waals surface area contributed by atoms with E-state index in [4.69, 9.17) is 0 Å². The second kappa shape index (κ2) is 14.0. The zero-order valence-corrected chi connectivity index (χ0v) is 18.9. The molecule has 0 aliphatic heterocycles. The topological polar surface area (TPSA) is 60.8 Å². The van der Waals surface area contributed by atoms with Gasteiger partial charge in [-0.05, 0) is 55.0 Å². The number of hydrogen-bond acceptors (Lipinski definition) is 3. The Kier molecular flexibility index (Phi) is 11.2. The van der Waals surface area contributed by atoms with Gasteiger partial charge in [0.2, 0.25) is 0 Å². The summed E-state index contributed by atoms with van der Waals surface area (Å²) in [5.41, 5.74) is 0.716. The van der Waals surface area contributed by atoms with E-state index in [1.807, 2.05) is 36.4 Å². The quantitative estimate of drug-likeness (QED) is 0.299. The molecule has 0 spiro atoms. The predicted octanol–water partition coefficient (Wildman–Crippen LogP) is 7.95. The van der Waals surface area contributed by atoms with Crippen LogP contribution in [0.3, 0.4) is 0 Å². The highest BCUT2D eigenvalue weighted by atomic mass is 32.2. The third-order valence-electron chi connectivity index (χ3n) is 5.19. The number of carbonyl (C=O) groups is 1. The van der Waals surface area contributed by atoms with Crippen molar-refractivity contribution in [3.8, 4) is 5.75 Å². The zero-order valence-electron chi connectivity index (χ0n) is 18.1. The van der Waals surface area contributed by atoms with Crippen LogP contribution in [0.4, 0.5) is 10.5 Å². The molecule has 164 valence electrons. The minimum absolute atomic E-state index is 0.249. The molecule has 0 aliphatic rings. The molecule has 0 aliphatic carbocycles. The van der Waals surface area contributed by atoms with Crippen LogP contribution in [0.25, 0.3) is 0 Å². The summed E-state index contributed by atoms with van der Waals surface area (Å²) in [7, 11) is 0. The molecule has 0 fully saturated rings. The molecule has 0 saturated carbocycles. The Bertz CT molecular complexity index is 731. The molecule has 30 heavy (non-hydrogen) atoms. The van der Waals surface area contributed by atoms with Gasteiger partial charge in [0.05, 0.1) is 0 Å². The van der Waals surface area contributed by atoms with E-state index >= 15 is 0 Å². The fourth-order valence-corrected chi connectivity index (χ4v) is 4.25. The molecule has 2 rings (SSSR count). The van der Waals surface area contributed by atoms with Crippen LogP contribution in [-0.4, -0.2) is 22.9 Å². The molecule has 0 radical (unpaired) electrons. The van der Waals surface area contributed by atoms with Crippen molar-refractivity contribution in [3.05, 3.63) is 48.5 Å². The highest BCUT2D eigenvalue weighted by Gasteiger charge is 2.13. The molecule has 2 aromatic rings. The number of phenols is 1. The standard InChI is InChI=1S/C25H35NO3S/c1-2-3-4-5-6-7-8-9-10-11-20-26(25(28)29)21-12-16-23(17-13-21)30-24-18-14-22(27)15-19-24/h12-19,27H,2-11,20H2,1H3,(H,28,29). The fourth-order valence-electron chi connectivity index (χ4n) is 3.44. The average molecular weight is 430 g/mol. The predicted molar refractivity (Wildman–Crippen MR) is 126 cm³/mol. The van der Waals surface area contributed by atoms with Crippen molar-refractivity contribution in [2.45, 2.75) is 80.9 Å². The van der Waals surface area contributed by atoms with Crippen LogP contribution < -0.4 is 4.90 Å². The summed E-state index contributed by atoms with van der Waals surface area (Å²) < 4.78 is 0. The van der Waals surface area contributed by atoms with Crippen LogP contribution in [0.15, 0.2) is 58.3 Å². The van der Waals surface area contributed by atoms with Gasteiger partial charge in [-0.25, -0.2) is 4.79 Å². The van der Waals surface area contributed by atoms with Crippen LogP contribution in [0, 0.1) is 0 Å². The van der Waals surface area contributed by atoms with Gasteiger partial charge in [0.1, 0.15) is 5.75 Å². The van der Waals surface area contributed by atoms with Gasteiger partial charge in [-0.1, -0.05) is 76.5 Å². The Hall–Kier alpha value is -2.14. The number of hydrogen-bond donors (Lipinski definition) is 2. The van der Waals surface area contributed by atoms with Gasteiger partial charge in [-0.3, -0.25) is 4.90 Å². The molecular formula is C25H35NO3S. The summed E-state index contributed by atoms with van der Waals surface area (Å²) in [4.78, 5) is 15.2. The molecular weight excluding hydrogens is 394 g/mol. The Balaban J connectivity index is 1.72. The third kappa shape index (κ3) is 9.12. The minimum Gasteiger partial charge on any atom is -0.508 e. The monoisotopic (exact) mass is 429 g/mol. The molecule has 0 saturated heterocycles. The van der Waals surface area contributed by atoms with Gasteiger partial charge in [0.25, 0.3) is 0 Å². The number of carboxylic acid groups (broad SMARTS) is 1. The lowest BCUT2D eigenvalue weighted by molar-refractivity contribution is 0.201. The lowest BCUT2D eigenvalue weighted by atomic mass is 10.1. The number of benzene rings is 2. The second-order valence-corrected chi connectivity index (χ2v) is 8.85. The van der Waals surface area contributed by atoms with Crippen molar-refractivity contribution in [1.82, 2.24) is 0 Å². The van der Waals surface area contributed by atoms with Gasteiger partial charge in [-0.2, -0.15) is 0 Å². The largest absolute Gasteiger partial charge is 0.508 e. The highest BCUT2D eigenvalue weighted by Crippen LogP contribution is 2.30. The normalized spacial score (nSPS) is 10.8. The third-order valence-corrected chi connectivity index (χ3v) is 6.20. The summed E-state index contributed by atoms with van der Waals surface area (Å²) in [6.45, 7) is 2.78. The molecule has 0 heterocycles. The number of amides is 1. The van der Waals surface area contributed by atoms with Crippen molar-refractivity contribution in [1.29, 1.82) is 0 Å². The van der Waals surface area contributed by atoms with Crippen molar-refractivity contribution < 1.29 is 15.0 Å². The molecule has 0 unspecified atom stereocenters. The Morgan fingerprint density at radius 1 is 0.767 bits per heavy atom. The minimum atomic E-state index is -0.898. The smallest absolute Gasteiger partial charge is 0.411 e. The summed E-state index contributed by atoms with van der Waals surface area (Å²) in [5.74, 6) is 0.249. The second-order valence-electron chi connectivity index (χ2n) is 7.71. The summed E-state index contributed by atoms with van der Waals surface area (Å²) >= 11 is 1.58. The first-order valence-corrected chi connectivity index (χ1v) is 12.0. The van der Waals surface area contributed by atoms with E-state index in [0.717, 1.165) is 22.6 Å². The van der Waals surface area contributed by atoms with E-state index in [2.05, 4.69) is 6.92 Å². The maximum Gasteiger partial charge on any atom is 0.411 e. The number of unbranched alkanes of at least 4 members (excludes halogenated alkanes) is 9. The van der Waals surface area contributed by atoms with Crippen molar-refractivity contribution in [3.63, 3.8) is 0 Å². The van der Waals surface area contributed by atoms with E-state index in [0.29, 0.717) is 12.2 Å². The van der Waals surface area contributed by atoms with Crippen LogP contribution in [0.5, 0.6) is 5.75 Å². The van der Waals surface area contributed by atoms with Crippen LogP contribution in [0.1, 0.15) is 71.1 Å². The first kappa shape index (κ1) is 24.1. The zero-order chi connectivity index (χ0) is 21.6. The molecule has 2 N–H and O–H groups in total.